The summed E-state index contributed by atoms with van der Waals surface area (Å²) in [5, 5.41) is 0.341. The van der Waals surface area contributed by atoms with Crippen molar-refractivity contribution >= 4 is 83.9 Å². The molecule has 1 aromatic heterocycles. The number of fused-ring (bicyclic) bond motifs is 2. The minimum absolute atomic E-state index is 0. The molecule has 0 aliphatic carbocycles. The number of methoxy groups -OCH3 is 1. The smallest absolute Gasteiger partial charge is 0.748 e. The molecule has 0 N–H and O–H groups in total. The van der Waals surface area contributed by atoms with E-state index in [-0.39, 0.29) is 76.8 Å². The number of allylic oxidation sites excluding steroid dienone is 2. The molecule has 0 saturated carbocycles. The molecule has 2 heterocycles. The monoisotopic (exact) mass is 780 g/mol. The maximum atomic E-state index is 12.5. The molecule has 0 amide bonds. The topological polar surface area (TPSA) is 182 Å². The summed E-state index contributed by atoms with van der Waals surface area (Å²) < 4.78 is 82.4. The van der Waals surface area contributed by atoms with Gasteiger partial charge in [-0.3, -0.25) is 4.79 Å². The number of carbonyl (C=O) groups is 2. The van der Waals surface area contributed by atoms with E-state index in [0.717, 1.165) is 0 Å². The maximum absolute atomic E-state index is 12.5. The summed E-state index contributed by atoms with van der Waals surface area (Å²) in [4.78, 5) is 27.9. The van der Waals surface area contributed by atoms with Gasteiger partial charge in [0.2, 0.25) is 0 Å². The molecular formula is C31H35Cl2N4NaO10S2. The predicted molar refractivity (Wildman–Crippen MR) is 183 cm³/mol. The van der Waals surface area contributed by atoms with Crippen molar-refractivity contribution in [2.45, 2.75) is 46.7 Å². The molecule has 0 radical (unpaired) electrons. The second-order valence-electron chi connectivity index (χ2n) is 10.9. The Hall–Kier alpha value is -2.67. The summed E-state index contributed by atoms with van der Waals surface area (Å²) in [6.07, 6.45) is 5.28. The molecule has 1 aliphatic heterocycles. The maximum Gasteiger partial charge on any atom is 1.00 e. The van der Waals surface area contributed by atoms with Crippen LogP contribution >= 0.6 is 23.2 Å². The molecule has 266 valence electrons. The zero-order valence-electron chi connectivity index (χ0n) is 28.1. The van der Waals surface area contributed by atoms with Crippen molar-refractivity contribution in [2.24, 2.45) is 0 Å². The number of nitrogens with zero attached hydrogens (tertiary/aromatic N) is 4. The van der Waals surface area contributed by atoms with E-state index < -0.39 is 43.7 Å². The molecule has 0 unspecified atom stereocenters. The van der Waals surface area contributed by atoms with Gasteiger partial charge in [-0.15, -0.1) is 0 Å². The molecule has 0 bridgehead atoms. The first kappa shape index (κ1) is 41.7. The van der Waals surface area contributed by atoms with Gasteiger partial charge in [0.15, 0.2) is 16.8 Å². The van der Waals surface area contributed by atoms with Crippen LogP contribution in [0.4, 0.5) is 11.4 Å². The standard InChI is InChI=1S/C31H36Cl2N4O10S2.Na/c1-5-34-25-17-22(32)21(31(39)46-4)16-24(25)36(12-8-14-48(40,41)42)29(34)10-7-11-30-35(6-2)26-18-23(33)28(47-20(3)38)19-27(26)37(30)13-9-15-49(43,44)45;/h7,10-11,16-19H,5-6,8-9,12-15H2,1-4H3,(H-,40,41,42,43,44,45);/q;+1/p-1. The zero-order valence-corrected chi connectivity index (χ0v) is 33.3. The van der Waals surface area contributed by atoms with Crippen LogP contribution in [-0.4, -0.2) is 74.2 Å². The van der Waals surface area contributed by atoms with Crippen molar-refractivity contribution in [3.05, 3.63) is 63.7 Å². The third-order valence-corrected chi connectivity index (χ3v) is 9.88. The number of aryl methyl sites for hydroxylation is 2. The number of anilines is 2. The third-order valence-electron chi connectivity index (χ3n) is 7.70. The summed E-state index contributed by atoms with van der Waals surface area (Å²) in [7, 11) is -7.75. The van der Waals surface area contributed by atoms with E-state index in [1.807, 2.05) is 23.3 Å². The minimum atomic E-state index is -4.49. The first-order valence-electron chi connectivity index (χ1n) is 15.2. The van der Waals surface area contributed by atoms with Crippen molar-refractivity contribution in [1.82, 2.24) is 4.57 Å². The van der Waals surface area contributed by atoms with Crippen molar-refractivity contribution in [3.8, 4) is 5.75 Å². The van der Waals surface area contributed by atoms with Gasteiger partial charge in [0.1, 0.15) is 5.82 Å². The minimum Gasteiger partial charge on any atom is -0.748 e. The van der Waals surface area contributed by atoms with Gasteiger partial charge in [-0.25, -0.2) is 30.8 Å². The van der Waals surface area contributed by atoms with E-state index in [1.54, 1.807) is 52.0 Å². The first-order valence-corrected chi connectivity index (χ1v) is 19.1. The number of ether oxygens (including phenoxy) is 2. The van der Waals surface area contributed by atoms with Gasteiger partial charge in [-0.1, -0.05) is 29.3 Å². The summed E-state index contributed by atoms with van der Waals surface area (Å²) in [5.41, 5.74) is 2.55. The molecule has 0 saturated heterocycles. The van der Waals surface area contributed by atoms with Gasteiger partial charge >= 0.3 is 41.5 Å². The molecule has 0 atom stereocenters. The van der Waals surface area contributed by atoms with E-state index in [9.17, 15) is 35.5 Å². The van der Waals surface area contributed by atoms with Gasteiger partial charge < -0.3 is 28.4 Å². The van der Waals surface area contributed by atoms with Crippen LogP contribution in [-0.2, 0) is 42.9 Å². The van der Waals surface area contributed by atoms with E-state index in [4.69, 9.17) is 32.7 Å². The summed E-state index contributed by atoms with van der Waals surface area (Å²) in [6.45, 7) is 6.18. The van der Waals surface area contributed by atoms with Crippen LogP contribution in [0.15, 0.2) is 42.2 Å². The van der Waals surface area contributed by atoms with Gasteiger partial charge in [0, 0.05) is 49.7 Å². The normalized spacial score (nSPS) is 14.0. The van der Waals surface area contributed by atoms with Crippen LogP contribution in [0, 0.1) is 0 Å². The molecule has 50 heavy (non-hydrogen) atoms. The van der Waals surface area contributed by atoms with Crippen LogP contribution in [0.25, 0.3) is 17.1 Å². The molecular weight excluding hydrogens is 746 g/mol. The number of esters is 2. The van der Waals surface area contributed by atoms with E-state index >= 15 is 0 Å². The SMILES string of the molecule is CCN1C(=CC=Cc2n(CC)c3cc(Cl)c(OC(C)=O)cc3[n+]2CCCS(=O)(=O)[O-])N(CCCS(=O)(=O)[O-])c2cc(C(=O)OC)c(Cl)cc21.[Na+]. The second kappa shape index (κ2) is 17.2. The third kappa shape index (κ3) is 9.80. The Morgan fingerprint density at radius 1 is 0.920 bits per heavy atom. The first-order chi connectivity index (χ1) is 23.0. The summed E-state index contributed by atoms with van der Waals surface area (Å²) in [5.74, 6) is -1.12. The van der Waals surface area contributed by atoms with Crippen LogP contribution in [0.5, 0.6) is 5.75 Å². The number of imidazole rings is 1. The second-order valence-corrected chi connectivity index (χ2v) is 14.8. The van der Waals surface area contributed by atoms with Crippen LogP contribution in [0.2, 0.25) is 10.0 Å². The van der Waals surface area contributed by atoms with Gasteiger partial charge in [-0.05, 0) is 44.9 Å². The van der Waals surface area contributed by atoms with Crippen LogP contribution in [0.1, 0.15) is 49.8 Å². The van der Waals surface area contributed by atoms with E-state index in [1.165, 1.54) is 14.0 Å². The predicted octanol–water partition coefficient (Wildman–Crippen LogP) is 1.04. The molecule has 3 aromatic rings. The largest absolute Gasteiger partial charge is 1.00 e. The molecule has 14 nitrogen and oxygen atoms in total. The van der Waals surface area contributed by atoms with Crippen LogP contribution in [0.3, 0.4) is 0 Å². The average molecular weight is 782 g/mol. The molecule has 1 aliphatic rings. The number of aromatic nitrogens is 2. The van der Waals surface area contributed by atoms with Crippen molar-refractivity contribution < 1.29 is 79.1 Å². The Kier molecular flexibility index (Phi) is 14.4. The fourth-order valence-corrected chi connectivity index (χ4v) is 7.14. The fourth-order valence-electron chi connectivity index (χ4n) is 5.75. The Morgan fingerprint density at radius 2 is 1.56 bits per heavy atom. The quantitative estimate of drug-likeness (QED) is 0.0747. The number of hydrogen-bond donors (Lipinski definition) is 0. The molecule has 0 fully saturated rings. The van der Waals surface area contributed by atoms with Crippen LogP contribution < -0.4 is 48.7 Å². The van der Waals surface area contributed by atoms with Gasteiger partial charge in [0.05, 0.1) is 67.4 Å². The van der Waals surface area contributed by atoms with Crippen molar-refractivity contribution in [2.75, 3.05) is 41.5 Å². The molecule has 0 spiro atoms. The summed E-state index contributed by atoms with van der Waals surface area (Å²) in [6, 6.07) is 6.38. The van der Waals surface area contributed by atoms with Crippen molar-refractivity contribution in [1.29, 1.82) is 0 Å². The van der Waals surface area contributed by atoms with Gasteiger partial charge in [0.25, 0.3) is 5.82 Å². The van der Waals surface area contributed by atoms with Gasteiger partial charge in [-0.2, -0.15) is 0 Å². The Bertz CT molecular complexity index is 2070. The molecule has 4 rings (SSSR count). The van der Waals surface area contributed by atoms with E-state index in [0.29, 0.717) is 47.1 Å². The summed E-state index contributed by atoms with van der Waals surface area (Å²) >= 11 is 12.9. The van der Waals surface area contributed by atoms with E-state index in [2.05, 4.69) is 0 Å². The Balaban J connectivity index is 0.00000676. The Labute approximate surface area is 323 Å². The number of rotatable bonds is 14. The molecule has 19 heteroatoms. The number of hydrogen-bond acceptors (Lipinski definition) is 12. The fraction of sp³-hybridized carbons (Fsp3) is 0.387. The number of carbonyl (C=O) groups excluding carboxylic acids is 2. The number of halogens is 2. The van der Waals surface area contributed by atoms with Crippen molar-refractivity contribution in [3.63, 3.8) is 0 Å². The average Bonchev–Trinajstić information content (AvgIpc) is 3.44. The number of benzene rings is 2. The molecule has 2 aromatic carbocycles. The Morgan fingerprint density at radius 3 is 2.14 bits per heavy atom. The zero-order chi connectivity index (χ0) is 36.3.